The van der Waals surface area contributed by atoms with E-state index in [0.717, 1.165) is 7.40 Å². The van der Waals surface area contributed by atoms with Crippen LogP contribution in [0, 0.1) is 7.40 Å². The second kappa shape index (κ2) is 5.66. The SMILES string of the molecule is CNC(C)c1ccccc1-n1cnc(I)c1I. The zero-order valence-corrected chi connectivity index (χ0v) is 13.9. The lowest BCUT2D eigenvalue weighted by molar-refractivity contribution is 0.647. The average molecular weight is 453 g/mol. The van der Waals surface area contributed by atoms with Crippen molar-refractivity contribution in [1.82, 2.24) is 14.9 Å². The third-order valence-electron chi connectivity index (χ3n) is 2.76. The predicted molar refractivity (Wildman–Crippen MR) is 86.5 cm³/mol. The Morgan fingerprint density at radius 3 is 2.59 bits per heavy atom. The molecule has 5 heteroatoms. The molecule has 3 nitrogen and oxygen atoms in total. The Balaban J connectivity index is 2.56. The summed E-state index contributed by atoms with van der Waals surface area (Å²) in [6.45, 7) is 2.16. The van der Waals surface area contributed by atoms with E-state index >= 15 is 0 Å². The molecule has 0 amide bonds. The van der Waals surface area contributed by atoms with Crippen LogP contribution in [0.2, 0.25) is 0 Å². The number of para-hydroxylation sites is 1. The smallest absolute Gasteiger partial charge is 0.133 e. The van der Waals surface area contributed by atoms with Crippen molar-refractivity contribution in [1.29, 1.82) is 0 Å². The van der Waals surface area contributed by atoms with Gasteiger partial charge in [0.2, 0.25) is 0 Å². The van der Waals surface area contributed by atoms with Crippen molar-refractivity contribution in [2.45, 2.75) is 13.0 Å². The number of halogens is 2. The first-order valence-corrected chi connectivity index (χ1v) is 7.45. The molecule has 1 heterocycles. The summed E-state index contributed by atoms with van der Waals surface area (Å²) in [6, 6.07) is 8.73. The van der Waals surface area contributed by atoms with Crippen LogP contribution in [-0.2, 0) is 0 Å². The van der Waals surface area contributed by atoms with Gasteiger partial charge >= 0.3 is 0 Å². The monoisotopic (exact) mass is 453 g/mol. The lowest BCUT2D eigenvalue weighted by Gasteiger charge is -2.16. The van der Waals surface area contributed by atoms with Crippen molar-refractivity contribution in [2.75, 3.05) is 7.05 Å². The van der Waals surface area contributed by atoms with Crippen molar-refractivity contribution in [2.24, 2.45) is 0 Å². The maximum Gasteiger partial charge on any atom is 0.133 e. The van der Waals surface area contributed by atoms with Gasteiger partial charge in [0.25, 0.3) is 0 Å². The fourth-order valence-corrected chi connectivity index (χ4v) is 2.62. The summed E-state index contributed by atoms with van der Waals surface area (Å²) in [5.74, 6) is 0. The molecular weight excluding hydrogens is 440 g/mol. The summed E-state index contributed by atoms with van der Waals surface area (Å²) in [5.41, 5.74) is 2.47. The molecule has 1 aromatic carbocycles. The van der Waals surface area contributed by atoms with Gasteiger partial charge in [0, 0.05) is 6.04 Å². The first kappa shape index (κ1) is 13.3. The number of rotatable bonds is 3. The van der Waals surface area contributed by atoms with Crippen LogP contribution in [0.4, 0.5) is 0 Å². The van der Waals surface area contributed by atoms with E-state index in [1.54, 1.807) is 0 Å². The molecule has 0 aliphatic carbocycles. The minimum atomic E-state index is 0.321. The Morgan fingerprint density at radius 2 is 2.00 bits per heavy atom. The topological polar surface area (TPSA) is 29.9 Å². The molecule has 0 aliphatic rings. The quantitative estimate of drug-likeness (QED) is 0.723. The zero-order valence-electron chi connectivity index (χ0n) is 9.61. The van der Waals surface area contributed by atoms with Gasteiger partial charge in [0.1, 0.15) is 13.7 Å². The molecule has 1 unspecified atom stereocenters. The van der Waals surface area contributed by atoms with Crippen LogP contribution in [0.1, 0.15) is 18.5 Å². The number of hydrogen-bond donors (Lipinski definition) is 1. The highest BCUT2D eigenvalue weighted by atomic mass is 127. The average Bonchev–Trinajstić information content (AvgIpc) is 2.69. The molecule has 1 N–H and O–H groups in total. The van der Waals surface area contributed by atoms with E-state index in [4.69, 9.17) is 0 Å². The van der Waals surface area contributed by atoms with Gasteiger partial charge in [0.15, 0.2) is 0 Å². The molecule has 0 spiro atoms. The Morgan fingerprint density at radius 1 is 1.29 bits per heavy atom. The fraction of sp³-hybridized carbons (Fsp3) is 0.250. The van der Waals surface area contributed by atoms with Crippen molar-refractivity contribution < 1.29 is 0 Å². The zero-order chi connectivity index (χ0) is 12.4. The lowest BCUT2D eigenvalue weighted by Crippen LogP contribution is -2.15. The van der Waals surface area contributed by atoms with Gasteiger partial charge < -0.3 is 5.32 Å². The van der Waals surface area contributed by atoms with Gasteiger partial charge in [-0.05, 0) is 70.8 Å². The highest BCUT2D eigenvalue weighted by Gasteiger charge is 2.13. The summed E-state index contributed by atoms with van der Waals surface area (Å²) in [4.78, 5) is 4.34. The van der Waals surface area contributed by atoms with Gasteiger partial charge in [0.05, 0.1) is 5.69 Å². The number of nitrogens with zero attached hydrogens (tertiary/aromatic N) is 2. The van der Waals surface area contributed by atoms with E-state index in [1.165, 1.54) is 11.3 Å². The maximum absolute atomic E-state index is 4.34. The number of benzene rings is 1. The summed E-state index contributed by atoms with van der Waals surface area (Å²) in [7, 11) is 1.98. The molecule has 0 radical (unpaired) electrons. The van der Waals surface area contributed by atoms with Crippen molar-refractivity contribution in [3.05, 3.63) is 43.6 Å². The molecule has 17 heavy (non-hydrogen) atoms. The number of nitrogens with one attached hydrogen (secondary N) is 1. The summed E-state index contributed by atoms with van der Waals surface area (Å²) in [5, 5.41) is 3.28. The standard InChI is InChI=1S/C12H13I2N3/c1-8(15-2)9-5-3-4-6-10(9)17-7-16-11(13)12(17)14/h3-8,15H,1-2H3. The number of hydrogen-bond acceptors (Lipinski definition) is 2. The van der Waals surface area contributed by atoms with Gasteiger partial charge in [-0.2, -0.15) is 0 Å². The molecule has 2 rings (SSSR count). The van der Waals surface area contributed by atoms with Crippen molar-refractivity contribution >= 4 is 45.2 Å². The third kappa shape index (κ3) is 2.65. The Hall–Kier alpha value is -0.150. The van der Waals surface area contributed by atoms with Crippen LogP contribution in [0.5, 0.6) is 0 Å². The Kier molecular flexibility index (Phi) is 4.42. The second-order valence-electron chi connectivity index (χ2n) is 3.77. The van der Waals surface area contributed by atoms with E-state index in [0.29, 0.717) is 6.04 Å². The first-order valence-electron chi connectivity index (χ1n) is 5.30. The molecule has 0 saturated carbocycles. The van der Waals surface area contributed by atoms with Gasteiger partial charge in [-0.1, -0.05) is 18.2 Å². The second-order valence-corrected chi connectivity index (χ2v) is 5.81. The number of aromatic nitrogens is 2. The summed E-state index contributed by atoms with van der Waals surface area (Å²) >= 11 is 4.58. The summed E-state index contributed by atoms with van der Waals surface area (Å²) < 4.78 is 4.32. The van der Waals surface area contributed by atoms with E-state index < -0.39 is 0 Å². The predicted octanol–water partition coefficient (Wildman–Crippen LogP) is 3.36. The van der Waals surface area contributed by atoms with Gasteiger partial charge in [-0.25, -0.2) is 4.98 Å². The van der Waals surface area contributed by atoms with Crippen LogP contribution < -0.4 is 5.32 Å². The van der Waals surface area contributed by atoms with Crippen LogP contribution >= 0.6 is 45.2 Å². The molecule has 0 bridgehead atoms. The van der Waals surface area contributed by atoms with Crippen LogP contribution in [0.15, 0.2) is 30.6 Å². The van der Waals surface area contributed by atoms with E-state index in [9.17, 15) is 0 Å². The number of imidazole rings is 1. The fourth-order valence-electron chi connectivity index (χ4n) is 1.71. The van der Waals surface area contributed by atoms with Gasteiger partial charge in [-0.3, -0.25) is 4.57 Å². The first-order chi connectivity index (χ1) is 8.15. The lowest BCUT2D eigenvalue weighted by atomic mass is 10.1. The Labute approximate surface area is 128 Å². The highest BCUT2D eigenvalue weighted by Crippen LogP contribution is 2.24. The minimum absolute atomic E-state index is 0.321. The molecule has 0 saturated heterocycles. The van der Waals surface area contributed by atoms with E-state index in [1.807, 2.05) is 13.4 Å². The van der Waals surface area contributed by atoms with Gasteiger partial charge in [-0.15, -0.1) is 0 Å². The minimum Gasteiger partial charge on any atom is -0.313 e. The molecule has 2 aromatic rings. The Bertz CT molecular complexity index is 522. The van der Waals surface area contributed by atoms with Crippen LogP contribution in [0.3, 0.4) is 0 Å². The van der Waals surface area contributed by atoms with E-state index in [-0.39, 0.29) is 0 Å². The molecule has 0 aliphatic heterocycles. The molecular formula is C12H13I2N3. The molecule has 90 valence electrons. The molecule has 0 fully saturated rings. The third-order valence-corrected chi connectivity index (χ3v) is 5.62. The van der Waals surface area contributed by atoms with Crippen LogP contribution in [-0.4, -0.2) is 16.6 Å². The normalized spacial score (nSPS) is 12.7. The van der Waals surface area contributed by atoms with Crippen molar-refractivity contribution in [3.63, 3.8) is 0 Å². The van der Waals surface area contributed by atoms with Crippen molar-refractivity contribution in [3.8, 4) is 5.69 Å². The summed E-state index contributed by atoms with van der Waals surface area (Å²) in [6.07, 6.45) is 1.88. The van der Waals surface area contributed by atoms with E-state index in [2.05, 4.69) is 91.2 Å². The molecule has 1 aromatic heterocycles. The molecule has 1 atom stereocenters. The highest BCUT2D eigenvalue weighted by molar-refractivity contribution is 14.1. The maximum atomic E-state index is 4.34. The van der Waals surface area contributed by atoms with Crippen LogP contribution in [0.25, 0.3) is 5.69 Å². The largest absolute Gasteiger partial charge is 0.313 e.